The molecule has 6 heteroatoms. The topological polar surface area (TPSA) is 24.9 Å². The van der Waals surface area contributed by atoms with E-state index in [4.69, 9.17) is 0 Å². The maximum atomic E-state index is 13.2. The first-order valence-electron chi connectivity index (χ1n) is 6.49. The quantitative estimate of drug-likeness (QED) is 0.888. The molecule has 2 aromatic rings. The van der Waals surface area contributed by atoms with Gasteiger partial charge in [0.05, 0.1) is 5.56 Å². The monoisotopic (exact) mass is 312 g/mol. The number of aromatic nitrogens is 1. The molecule has 21 heavy (non-hydrogen) atoms. The molecule has 112 valence electrons. The molecule has 0 bridgehead atoms. The Morgan fingerprint density at radius 1 is 1.14 bits per heavy atom. The Balaban J connectivity index is 2.31. The molecule has 0 atom stereocenters. The summed E-state index contributed by atoms with van der Waals surface area (Å²) in [5.41, 5.74) is 0.0305. The molecule has 0 spiro atoms. The number of hydrogen-bond acceptors (Lipinski definition) is 3. The second-order valence-corrected chi connectivity index (χ2v) is 5.51. The van der Waals surface area contributed by atoms with Crippen LogP contribution in [-0.4, -0.2) is 11.5 Å². The van der Waals surface area contributed by atoms with Crippen molar-refractivity contribution in [2.45, 2.75) is 29.4 Å². The lowest BCUT2D eigenvalue weighted by Gasteiger charge is -2.14. The minimum atomic E-state index is -4.36. The van der Waals surface area contributed by atoms with Gasteiger partial charge in [0.25, 0.3) is 0 Å². The van der Waals surface area contributed by atoms with Gasteiger partial charge in [0, 0.05) is 28.7 Å². The summed E-state index contributed by atoms with van der Waals surface area (Å²) in [6, 6.07) is 7.85. The van der Waals surface area contributed by atoms with Crippen molar-refractivity contribution < 1.29 is 13.2 Å². The van der Waals surface area contributed by atoms with Crippen molar-refractivity contribution in [3.05, 3.63) is 53.9 Å². The van der Waals surface area contributed by atoms with Crippen LogP contribution in [0.5, 0.6) is 0 Å². The fourth-order valence-electron chi connectivity index (χ4n) is 1.80. The number of hydrogen-bond donors (Lipinski definition) is 1. The van der Waals surface area contributed by atoms with Crippen molar-refractivity contribution in [1.82, 2.24) is 10.3 Å². The van der Waals surface area contributed by atoms with Gasteiger partial charge in [0.15, 0.2) is 0 Å². The molecular formula is C15H15F3N2S. The number of rotatable bonds is 5. The highest BCUT2D eigenvalue weighted by atomic mass is 32.2. The molecule has 1 N–H and O–H groups in total. The summed E-state index contributed by atoms with van der Waals surface area (Å²) in [4.78, 5) is 4.80. The van der Waals surface area contributed by atoms with Gasteiger partial charge in [0.1, 0.15) is 0 Å². The predicted octanol–water partition coefficient (Wildman–Crippen LogP) is 4.36. The highest BCUT2D eigenvalue weighted by Crippen LogP contribution is 2.39. The maximum Gasteiger partial charge on any atom is 0.417 e. The van der Waals surface area contributed by atoms with Crippen LogP contribution in [0.15, 0.2) is 52.5 Å². The van der Waals surface area contributed by atoms with E-state index in [2.05, 4.69) is 10.3 Å². The lowest BCUT2D eigenvalue weighted by atomic mass is 10.1. The summed E-state index contributed by atoms with van der Waals surface area (Å²) < 4.78 is 39.6. The van der Waals surface area contributed by atoms with E-state index >= 15 is 0 Å². The summed E-state index contributed by atoms with van der Waals surface area (Å²) in [5.74, 6) is 0. The van der Waals surface area contributed by atoms with E-state index < -0.39 is 11.7 Å². The fourth-order valence-corrected chi connectivity index (χ4v) is 2.73. The maximum absolute atomic E-state index is 13.2. The van der Waals surface area contributed by atoms with Crippen LogP contribution in [0.3, 0.4) is 0 Å². The van der Waals surface area contributed by atoms with Crippen molar-refractivity contribution in [3.63, 3.8) is 0 Å². The zero-order chi connectivity index (χ0) is 15.3. The minimum absolute atomic E-state index is 0.203. The third-order valence-corrected chi connectivity index (χ3v) is 3.89. The number of nitrogens with one attached hydrogen (secondary N) is 1. The molecule has 0 aliphatic carbocycles. The fraction of sp³-hybridized carbons (Fsp3) is 0.267. The Kier molecular flexibility index (Phi) is 5.25. The van der Waals surface area contributed by atoms with Crippen LogP contribution in [0.4, 0.5) is 13.2 Å². The normalized spacial score (nSPS) is 11.6. The highest BCUT2D eigenvalue weighted by Gasteiger charge is 2.33. The molecule has 0 radical (unpaired) electrons. The summed E-state index contributed by atoms with van der Waals surface area (Å²) in [6.45, 7) is 3.06. The number of halogens is 3. The molecule has 1 heterocycles. The standard InChI is InChI=1S/C15H15F3N2S/c1-2-19-10-11-3-4-14(13(9-11)15(16,17)18)21-12-5-7-20-8-6-12/h3-9,19H,2,10H2,1H3. The first-order chi connectivity index (χ1) is 10.0. The van der Waals surface area contributed by atoms with Gasteiger partial charge in [-0.15, -0.1) is 0 Å². The van der Waals surface area contributed by atoms with E-state index in [0.29, 0.717) is 12.1 Å². The molecule has 1 aromatic carbocycles. The van der Waals surface area contributed by atoms with E-state index in [-0.39, 0.29) is 4.90 Å². The Labute approximate surface area is 125 Å². The number of pyridine rings is 1. The summed E-state index contributed by atoms with van der Waals surface area (Å²) in [6.07, 6.45) is -1.23. The average molecular weight is 312 g/mol. The lowest BCUT2D eigenvalue weighted by molar-refractivity contribution is -0.139. The van der Waals surface area contributed by atoms with Crippen molar-refractivity contribution in [2.24, 2.45) is 0 Å². The van der Waals surface area contributed by atoms with Crippen LogP contribution >= 0.6 is 11.8 Å². The Bertz CT molecular complexity index is 585. The molecular weight excluding hydrogens is 297 g/mol. The number of nitrogens with zero attached hydrogens (tertiary/aromatic N) is 1. The molecule has 0 amide bonds. The van der Waals surface area contributed by atoms with Crippen molar-refractivity contribution in [2.75, 3.05) is 6.54 Å². The predicted molar refractivity (Wildman–Crippen MR) is 77.2 cm³/mol. The van der Waals surface area contributed by atoms with Crippen molar-refractivity contribution >= 4 is 11.8 Å². The molecule has 0 fully saturated rings. The number of alkyl halides is 3. The van der Waals surface area contributed by atoms with Gasteiger partial charge in [-0.3, -0.25) is 4.98 Å². The zero-order valence-corrected chi connectivity index (χ0v) is 12.3. The molecule has 2 rings (SSSR count). The first kappa shape index (κ1) is 15.9. The van der Waals surface area contributed by atoms with Crippen LogP contribution in [0, 0.1) is 0 Å². The lowest BCUT2D eigenvalue weighted by Crippen LogP contribution is -2.13. The Morgan fingerprint density at radius 3 is 2.48 bits per heavy atom. The average Bonchev–Trinajstić information content (AvgIpc) is 2.46. The summed E-state index contributed by atoms with van der Waals surface area (Å²) >= 11 is 1.09. The molecule has 0 saturated carbocycles. The van der Waals surface area contributed by atoms with Gasteiger partial charge in [-0.1, -0.05) is 24.8 Å². The summed E-state index contributed by atoms with van der Waals surface area (Å²) in [5, 5.41) is 3.03. The third kappa shape index (κ3) is 4.47. The molecule has 2 nitrogen and oxygen atoms in total. The van der Waals surface area contributed by atoms with Crippen LogP contribution in [0.2, 0.25) is 0 Å². The molecule has 0 aliphatic heterocycles. The van der Waals surface area contributed by atoms with Gasteiger partial charge in [0.2, 0.25) is 0 Å². The van der Waals surface area contributed by atoms with Crippen LogP contribution in [-0.2, 0) is 12.7 Å². The SMILES string of the molecule is CCNCc1ccc(Sc2ccncc2)c(C(F)(F)F)c1. The van der Waals surface area contributed by atoms with Crippen LogP contribution in [0.1, 0.15) is 18.1 Å². The van der Waals surface area contributed by atoms with Crippen LogP contribution < -0.4 is 5.32 Å². The highest BCUT2D eigenvalue weighted by molar-refractivity contribution is 7.99. The van der Waals surface area contributed by atoms with Gasteiger partial charge in [-0.25, -0.2) is 0 Å². The van der Waals surface area contributed by atoms with E-state index in [1.54, 1.807) is 30.6 Å². The third-order valence-electron chi connectivity index (χ3n) is 2.81. The van der Waals surface area contributed by atoms with Gasteiger partial charge < -0.3 is 5.32 Å². The second-order valence-electron chi connectivity index (χ2n) is 4.39. The molecule has 0 saturated heterocycles. The number of benzene rings is 1. The van der Waals surface area contributed by atoms with Gasteiger partial charge in [-0.05, 0) is 36.4 Å². The van der Waals surface area contributed by atoms with E-state index in [1.807, 2.05) is 6.92 Å². The molecule has 1 aromatic heterocycles. The second kappa shape index (κ2) is 6.95. The smallest absolute Gasteiger partial charge is 0.313 e. The summed E-state index contributed by atoms with van der Waals surface area (Å²) in [7, 11) is 0. The van der Waals surface area contributed by atoms with Crippen LogP contribution in [0.25, 0.3) is 0 Å². The Morgan fingerprint density at radius 2 is 1.86 bits per heavy atom. The largest absolute Gasteiger partial charge is 0.417 e. The zero-order valence-electron chi connectivity index (χ0n) is 11.4. The molecule has 0 aliphatic rings. The Hall–Kier alpha value is -1.53. The minimum Gasteiger partial charge on any atom is -0.313 e. The van der Waals surface area contributed by atoms with Crippen molar-refractivity contribution in [3.8, 4) is 0 Å². The van der Waals surface area contributed by atoms with E-state index in [1.165, 1.54) is 12.1 Å². The van der Waals surface area contributed by atoms with Gasteiger partial charge in [-0.2, -0.15) is 13.2 Å². The van der Waals surface area contributed by atoms with Crippen molar-refractivity contribution in [1.29, 1.82) is 0 Å². The first-order valence-corrected chi connectivity index (χ1v) is 7.31. The van der Waals surface area contributed by atoms with E-state index in [0.717, 1.165) is 23.2 Å². The van der Waals surface area contributed by atoms with E-state index in [9.17, 15) is 13.2 Å². The van der Waals surface area contributed by atoms with Gasteiger partial charge >= 0.3 is 6.18 Å². The molecule has 0 unspecified atom stereocenters.